The maximum Gasteiger partial charge on any atom is 0.316 e. The molecule has 1 aliphatic heterocycles. The first kappa shape index (κ1) is 16.5. The first-order valence-corrected chi connectivity index (χ1v) is 8.74. The minimum atomic E-state index is 0.0183. The van der Waals surface area contributed by atoms with Gasteiger partial charge in [-0.05, 0) is 31.9 Å². The number of benzene rings is 1. The Labute approximate surface area is 152 Å². The highest BCUT2D eigenvalue weighted by Crippen LogP contribution is 2.24. The minimum absolute atomic E-state index is 0.0183. The molecule has 7 nitrogen and oxygen atoms in total. The summed E-state index contributed by atoms with van der Waals surface area (Å²) in [5.74, 6) is 1.54. The number of nitrogens with zero attached hydrogens (tertiary/aromatic N) is 5. The smallest absolute Gasteiger partial charge is 0.316 e. The summed E-state index contributed by atoms with van der Waals surface area (Å²) in [7, 11) is 1.59. The Kier molecular flexibility index (Phi) is 4.51. The van der Waals surface area contributed by atoms with Crippen molar-refractivity contribution in [3.05, 3.63) is 42.4 Å². The highest BCUT2D eigenvalue weighted by Gasteiger charge is 2.24. The van der Waals surface area contributed by atoms with E-state index in [1.807, 2.05) is 31.2 Å². The van der Waals surface area contributed by atoms with Crippen LogP contribution < -0.4 is 14.4 Å². The van der Waals surface area contributed by atoms with Crippen LogP contribution in [0, 0.1) is 6.92 Å². The van der Waals surface area contributed by atoms with E-state index in [9.17, 15) is 0 Å². The number of aryl methyl sites for hydroxylation is 1. The third-order valence-electron chi connectivity index (χ3n) is 4.51. The summed E-state index contributed by atoms with van der Waals surface area (Å²) >= 11 is 0. The van der Waals surface area contributed by atoms with E-state index in [0.29, 0.717) is 11.8 Å². The number of anilines is 1. The third kappa shape index (κ3) is 3.37. The van der Waals surface area contributed by atoms with Crippen LogP contribution in [0.2, 0.25) is 0 Å². The largest absolute Gasteiger partial charge is 0.494 e. The van der Waals surface area contributed by atoms with Crippen LogP contribution in [-0.2, 0) is 0 Å². The fourth-order valence-electron chi connectivity index (χ4n) is 3.22. The molecule has 7 heteroatoms. The van der Waals surface area contributed by atoms with Crippen molar-refractivity contribution in [3.8, 4) is 11.8 Å². The van der Waals surface area contributed by atoms with E-state index in [2.05, 4.69) is 14.9 Å². The lowest BCUT2D eigenvalue weighted by Gasteiger charge is -2.33. The summed E-state index contributed by atoms with van der Waals surface area (Å²) in [5.41, 5.74) is 2.77. The molecule has 0 radical (unpaired) electrons. The van der Waals surface area contributed by atoms with Gasteiger partial charge in [0, 0.05) is 6.54 Å². The average molecular weight is 351 g/mol. The Hall–Kier alpha value is -2.96. The van der Waals surface area contributed by atoms with Gasteiger partial charge in [0.1, 0.15) is 6.10 Å². The zero-order valence-corrected chi connectivity index (χ0v) is 14.9. The van der Waals surface area contributed by atoms with E-state index in [1.165, 1.54) is 0 Å². The number of methoxy groups -OCH3 is 1. The van der Waals surface area contributed by atoms with Crippen LogP contribution in [0.5, 0.6) is 11.8 Å². The number of hydrogen-bond acceptors (Lipinski definition) is 7. The standard InChI is InChI=1S/C19H21N5O2/c1-13-18(23-17-8-4-3-7-16(17)22-13)24-9-5-6-14(12-24)26-19-20-10-15(25-2)11-21-19/h3-4,7-8,10-11,14H,5-6,9,12H2,1-2H3. The molecule has 1 atom stereocenters. The molecular formula is C19H21N5O2. The van der Waals surface area contributed by atoms with Crippen molar-refractivity contribution < 1.29 is 9.47 Å². The average Bonchev–Trinajstić information content (AvgIpc) is 2.68. The molecule has 0 aliphatic carbocycles. The molecule has 2 aromatic heterocycles. The summed E-state index contributed by atoms with van der Waals surface area (Å²) < 4.78 is 11.0. The Morgan fingerprint density at radius 3 is 2.54 bits per heavy atom. The Balaban J connectivity index is 1.52. The zero-order chi connectivity index (χ0) is 17.9. The lowest BCUT2D eigenvalue weighted by molar-refractivity contribution is 0.163. The molecular weight excluding hydrogens is 330 g/mol. The van der Waals surface area contributed by atoms with E-state index < -0.39 is 0 Å². The fraction of sp³-hybridized carbons (Fsp3) is 0.368. The molecule has 4 rings (SSSR count). The van der Waals surface area contributed by atoms with E-state index in [-0.39, 0.29) is 6.10 Å². The molecule has 3 heterocycles. The summed E-state index contributed by atoms with van der Waals surface area (Å²) in [4.78, 5) is 20.2. The fourth-order valence-corrected chi connectivity index (χ4v) is 3.22. The molecule has 26 heavy (non-hydrogen) atoms. The van der Waals surface area contributed by atoms with Gasteiger partial charge in [0.2, 0.25) is 0 Å². The normalized spacial score (nSPS) is 17.3. The van der Waals surface area contributed by atoms with Crippen molar-refractivity contribution >= 4 is 16.9 Å². The van der Waals surface area contributed by atoms with Crippen molar-refractivity contribution in [3.63, 3.8) is 0 Å². The Bertz CT molecular complexity index is 900. The monoisotopic (exact) mass is 351 g/mol. The van der Waals surface area contributed by atoms with Crippen molar-refractivity contribution in [1.82, 2.24) is 19.9 Å². The van der Waals surface area contributed by atoms with Crippen LogP contribution in [0.1, 0.15) is 18.5 Å². The van der Waals surface area contributed by atoms with Gasteiger partial charge < -0.3 is 14.4 Å². The van der Waals surface area contributed by atoms with Crippen LogP contribution in [0.3, 0.4) is 0 Å². The zero-order valence-electron chi connectivity index (χ0n) is 14.9. The SMILES string of the molecule is COc1cnc(OC2CCCN(c3nc4ccccc4nc3C)C2)nc1. The molecule has 1 aromatic carbocycles. The van der Waals surface area contributed by atoms with E-state index in [4.69, 9.17) is 19.4 Å². The third-order valence-corrected chi connectivity index (χ3v) is 4.51. The van der Waals surface area contributed by atoms with E-state index >= 15 is 0 Å². The van der Waals surface area contributed by atoms with Gasteiger partial charge in [0.25, 0.3) is 0 Å². The minimum Gasteiger partial charge on any atom is -0.494 e. The summed E-state index contributed by atoms with van der Waals surface area (Å²) in [6.07, 6.45) is 5.23. The second-order valence-electron chi connectivity index (χ2n) is 6.35. The van der Waals surface area contributed by atoms with Gasteiger partial charge in [-0.2, -0.15) is 9.97 Å². The highest BCUT2D eigenvalue weighted by atomic mass is 16.5. The first-order chi connectivity index (χ1) is 12.7. The van der Waals surface area contributed by atoms with Crippen LogP contribution in [0.15, 0.2) is 36.7 Å². The molecule has 134 valence electrons. The van der Waals surface area contributed by atoms with Gasteiger partial charge in [-0.25, -0.2) is 9.97 Å². The molecule has 3 aromatic rings. The quantitative estimate of drug-likeness (QED) is 0.715. The number of aromatic nitrogens is 4. The Morgan fingerprint density at radius 1 is 1.08 bits per heavy atom. The summed E-state index contributed by atoms with van der Waals surface area (Å²) in [6, 6.07) is 8.32. The van der Waals surface area contributed by atoms with Gasteiger partial charge in [-0.15, -0.1) is 0 Å². The molecule has 1 fully saturated rings. The first-order valence-electron chi connectivity index (χ1n) is 8.74. The molecule has 1 unspecified atom stereocenters. The maximum atomic E-state index is 5.97. The van der Waals surface area contributed by atoms with Crippen LogP contribution in [0.25, 0.3) is 11.0 Å². The molecule has 0 bridgehead atoms. The number of rotatable bonds is 4. The predicted molar refractivity (Wildman–Crippen MR) is 98.7 cm³/mol. The van der Waals surface area contributed by atoms with Crippen LogP contribution in [-0.4, -0.2) is 46.2 Å². The number of para-hydroxylation sites is 2. The molecule has 0 amide bonds. The number of ether oxygens (including phenoxy) is 2. The number of hydrogen-bond donors (Lipinski definition) is 0. The molecule has 0 saturated carbocycles. The van der Waals surface area contributed by atoms with Gasteiger partial charge in [-0.1, -0.05) is 12.1 Å². The molecule has 1 aliphatic rings. The lowest BCUT2D eigenvalue weighted by atomic mass is 10.1. The summed E-state index contributed by atoms with van der Waals surface area (Å²) in [5, 5.41) is 0. The summed E-state index contributed by atoms with van der Waals surface area (Å²) in [6.45, 7) is 3.69. The predicted octanol–water partition coefficient (Wildman–Crippen LogP) is 2.78. The molecule has 1 saturated heterocycles. The van der Waals surface area contributed by atoms with Crippen LogP contribution in [0.4, 0.5) is 5.82 Å². The van der Waals surface area contributed by atoms with Gasteiger partial charge >= 0.3 is 6.01 Å². The lowest BCUT2D eigenvalue weighted by Crippen LogP contribution is -2.42. The van der Waals surface area contributed by atoms with Gasteiger partial charge in [0.05, 0.1) is 42.8 Å². The molecule has 0 N–H and O–H groups in total. The van der Waals surface area contributed by atoms with Gasteiger partial charge in [-0.3, -0.25) is 0 Å². The van der Waals surface area contributed by atoms with Crippen LogP contribution >= 0.6 is 0 Å². The van der Waals surface area contributed by atoms with E-state index in [1.54, 1.807) is 19.5 Å². The Morgan fingerprint density at radius 2 is 1.81 bits per heavy atom. The van der Waals surface area contributed by atoms with Crippen molar-refractivity contribution in [2.24, 2.45) is 0 Å². The number of fused-ring (bicyclic) bond motifs is 1. The second-order valence-corrected chi connectivity index (χ2v) is 6.35. The second kappa shape index (κ2) is 7.11. The molecule has 0 spiro atoms. The maximum absolute atomic E-state index is 5.97. The highest BCUT2D eigenvalue weighted by molar-refractivity contribution is 5.76. The topological polar surface area (TPSA) is 73.3 Å². The number of piperidine rings is 1. The van der Waals surface area contributed by atoms with Gasteiger partial charge in [0.15, 0.2) is 11.6 Å². The van der Waals surface area contributed by atoms with E-state index in [0.717, 1.165) is 48.5 Å². The van der Waals surface area contributed by atoms with Crippen molar-refractivity contribution in [2.45, 2.75) is 25.9 Å². The van der Waals surface area contributed by atoms with Crippen molar-refractivity contribution in [1.29, 1.82) is 0 Å². The van der Waals surface area contributed by atoms with Crippen molar-refractivity contribution in [2.75, 3.05) is 25.1 Å².